The quantitative estimate of drug-likeness (QED) is 0.718. The van der Waals surface area contributed by atoms with Gasteiger partial charge in [-0.3, -0.25) is 0 Å². The van der Waals surface area contributed by atoms with Crippen molar-refractivity contribution in [2.45, 2.75) is 20.3 Å². The topological polar surface area (TPSA) is 40.1 Å². The second-order valence-electron chi connectivity index (χ2n) is 3.86. The van der Waals surface area contributed by atoms with Gasteiger partial charge in [0, 0.05) is 11.9 Å². The summed E-state index contributed by atoms with van der Waals surface area (Å²) in [5.74, 6) is -1.23. The van der Waals surface area contributed by atoms with E-state index in [2.05, 4.69) is 0 Å². The average Bonchev–Trinajstić information content (AvgIpc) is 2.15. The molecule has 14 heavy (non-hydrogen) atoms. The zero-order chi connectivity index (χ0) is 10.6. The molecule has 2 heteroatoms. The smallest absolute Gasteiger partial charge is 0.0451 e. The molecule has 0 saturated carbocycles. The summed E-state index contributed by atoms with van der Waals surface area (Å²) in [4.78, 5) is 10.8. The number of aliphatic carboxylic acids is 1. The third-order valence-electron chi connectivity index (χ3n) is 2.41. The molecule has 0 bridgehead atoms. The standard InChI is InChI=1S/C12H16O2/c1-9(2)11(12(13)14)8-10-6-4-3-5-7-10/h3-7,9,11H,8H2,1-2H3,(H,13,14)/p-1. The van der Waals surface area contributed by atoms with E-state index in [0.717, 1.165) is 5.56 Å². The molecule has 1 aromatic rings. The van der Waals surface area contributed by atoms with E-state index in [9.17, 15) is 9.90 Å². The van der Waals surface area contributed by atoms with E-state index in [0.29, 0.717) is 6.42 Å². The second-order valence-corrected chi connectivity index (χ2v) is 3.86. The molecular weight excluding hydrogens is 176 g/mol. The van der Waals surface area contributed by atoms with E-state index in [1.54, 1.807) is 0 Å². The Kier molecular flexibility index (Phi) is 3.69. The van der Waals surface area contributed by atoms with Crippen LogP contribution in [0.15, 0.2) is 30.3 Å². The van der Waals surface area contributed by atoms with Gasteiger partial charge in [0.05, 0.1) is 0 Å². The minimum Gasteiger partial charge on any atom is -0.550 e. The largest absolute Gasteiger partial charge is 0.550 e. The highest BCUT2D eigenvalue weighted by Gasteiger charge is 2.14. The maximum absolute atomic E-state index is 10.8. The fraction of sp³-hybridized carbons (Fsp3) is 0.417. The van der Waals surface area contributed by atoms with Crippen LogP contribution in [0.5, 0.6) is 0 Å². The van der Waals surface area contributed by atoms with Crippen LogP contribution in [0, 0.1) is 11.8 Å². The average molecular weight is 191 g/mol. The molecule has 0 spiro atoms. The molecule has 76 valence electrons. The van der Waals surface area contributed by atoms with E-state index in [-0.39, 0.29) is 5.92 Å². The molecule has 0 aliphatic carbocycles. The van der Waals surface area contributed by atoms with E-state index in [1.807, 2.05) is 44.2 Å². The lowest BCUT2D eigenvalue weighted by Crippen LogP contribution is -2.35. The third-order valence-corrected chi connectivity index (χ3v) is 2.41. The number of rotatable bonds is 4. The zero-order valence-corrected chi connectivity index (χ0v) is 8.57. The zero-order valence-electron chi connectivity index (χ0n) is 8.57. The maximum Gasteiger partial charge on any atom is 0.0451 e. The first-order chi connectivity index (χ1) is 6.61. The summed E-state index contributed by atoms with van der Waals surface area (Å²) in [6.07, 6.45) is 0.556. The lowest BCUT2D eigenvalue weighted by molar-refractivity contribution is -0.313. The molecule has 1 rings (SSSR count). The van der Waals surface area contributed by atoms with Crippen molar-refractivity contribution < 1.29 is 9.90 Å². The monoisotopic (exact) mass is 191 g/mol. The second kappa shape index (κ2) is 4.80. The van der Waals surface area contributed by atoms with Crippen molar-refractivity contribution in [1.29, 1.82) is 0 Å². The minimum atomic E-state index is -0.955. The fourth-order valence-corrected chi connectivity index (χ4v) is 1.46. The van der Waals surface area contributed by atoms with Gasteiger partial charge in [-0.2, -0.15) is 0 Å². The van der Waals surface area contributed by atoms with Gasteiger partial charge in [-0.1, -0.05) is 44.2 Å². The van der Waals surface area contributed by atoms with Crippen LogP contribution in [0.3, 0.4) is 0 Å². The van der Waals surface area contributed by atoms with Crippen molar-refractivity contribution >= 4 is 5.97 Å². The van der Waals surface area contributed by atoms with Crippen LogP contribution in [-0.4, -0.2) is 5.97 Å². The Morgan fingerprint density at radius 2 is 1.86 bits per heavy atom. The summed E-state index contributed by atoms with van der Waals surface area (Å²) in [7, 11) is 0. The molecule has 0 amide bonds. The molecule has 1 atom stereocenters. The first-order valence-corrected chi connectivity index (χ1v) is 4.86. The molecule has 2 nitrogen and oxygen atoms in total. The van der Waals surface area contributed by atoms with E-state index >= 15 is 0 Å². The number of hydrogen-bond donors (Lipinski definition) is 0. The van der Waals surface area contributed by atoms with Gasteiger partial charge in [0.2, 0.25) is 0 Å². The molecule has 0 N–H and O–H groups in total. The van der Waals surface area contributed by atoms with Crippen molar-refractivity contribution in [3.8, 4) is 0 Å². The molecule has 0 aliphatic rings. The summed E-state index contributed by atoms with van der Waals surface area (Å²) in [6.45, 7) is 3.81. The lowest BCUT2D eigenvalue weighted by Gasteiger charge is -2.21. The summed E-state index contributed by atoms with van der Waals surface area (Å²) in [6, 6.07) is 9.65. The Bertz CT molecular complexity index is 290. The summed E-state index contributed by atoms with van der Waals surface area (Å²) >= 11 is 0. The van der Waals surface area contributed by atoms with Crippen molar-refractivity contribution in [2.24, 2.45) is 11.8 Å². The highest BCUT2D eigenvalue weighted by atomic mass is 16.4. The Labute approximate surface area is 84.6 Å². The fourth-order valence-electron chi connectivity index (χ4n) is 1.46. The van der Waals surface area contributed by atoms with Crippen LogP contribution >= 0.6 is 0 Å². The van der Waals surface area contributed by atoms with E-state index in [1.165, 1.54) is 0 Å². The van der Waals surface area contributed by atoms with Gasteiger partial charge in [0.15, 0.2) is 0 Å². The third kappa shape index (κ3) is 2.87. The SMILES string of the molecule is CC(C)C(Cc1ccccc1)C(=O)[O-]. The number of carbonyl (C=O) groups is 1. The number of hydrogen-bond acceptors (Lipinski definition) is 2. The number of carboxylic acid groups (broad SMARTS) is 1. The highest BCUT2D eigenvalue weighted by molar-refractivity contribution is 5.68. The van der Waals surface area contributed by atoms with Crippen LogP contribution in [0.1, 0.15) is 19.4 Å². The lowest BCUT2D eigenvalue weighted by atomic mass is 9.89. The van der Waals surface area contributed by atoms with Crippen LogP contribution in [0.2, 0.25) is 0 Å². The number of carbonyl (C=O) groups excluding carboxylic acids is 1. The molecule has 0 radical (unpaired) electrons. The van der Waals surface area contributed by atoms with Crippen molar-refractivity contribution in [3.05, 3.63) is 35.9 Å². The Balaban J connectivity index is 2.70. The molecule has 1 aromatic carbocycles. The number of benzene rings is 1. The van der Waals surface area contributed by atoms with Gasteiger partial charge >= 0.3 is 0 Å². The van der Waals surface area contributed by atoms with Crippen molar-refractivity contribution in [3.63, 3.8) is 0 Å². The Morgan fingerprint density at radius 1 is 1.29 bits per heavy atom. The van der Waals surface area contributed by atoms with Gasteiger partial charge in [-0.15, -0.1) is 0 Å². The van der Waals surface area contributed by atoms with Crippen LogP contribution in [-0.2, 0) is 11.2 Å². The van der Waals surface area contributed by atoms with E-state index < -0.39 is 11.9 Å². The van der Waals surface area contributed by atoms with Gasteiger partial charge in [0.1, 0.15) is 0 Å². The molecule has 0 aliphatic heterocycles. The van der Waals surface area contributed by atoms with Crippen LogP contribution in [0.4, 0.5) is 0 Å². The maximum atomic E-state index is 10.8. The summed E-state index contributed by atoms with van der Waals surface area (Å²) in [5, 5.41) is 10.8. The summed E-state index contributed by atoms with van der Waals surface area (Å²) < 4.78 is 0. The molecular formula is C12H15O2-. The van der Waals surface area contributed by atoms with Gasteiger partial charge < -0.3 is 9.90 Å². The van der Waals surface area contributed by atoms with E-state index in [4.69, 9.17) is 0 Å². The van der Waals surface area contributed by atoms with Crippen LogP contribution in [0.25, 0.3) is 0 Å². The normalized spacial score (nSPS) is 12.8. The van der Waals surface area contributed by atoms with Gasteiger partial charge in [0.25, 0.3) is 0 Å². The molecule has 1 unspecified atom stereocenters. The van der Waals surface area contributed by atoms with Crippen molar-refractivity contribution in [1.82, 2.24) is 0 Å². The predicted octanol–water partition coefficient (Wildman–Crippen LogP) is 1.25. The minimum absolute atomic E-state index is 0.111. The van der Waals surface area contributed by atoms with Gasteiger partial charge in [-0.25, -0.2) is 0 Å². The highest BCUT2D eigenvalue weighted by Crippen LogP contribution is 2.16. The molecule has 0 fully saturated rings. The predicted molar refractivity (Wildman–Crippen MR) is 53.5 cm³/mol. The van der Waals surface area contributed by atoms with Gasteiger partial charge in [-0.05, 0) is 17.9 Å². The van der Waals surface area contributed by atoms with Crippen LogP contribution < -0.4 is 5.11 Å². The van der Waals surface area contributed by atoms with Crippen molar-refractivity contribution in [2.75, 3.05) is 0 Å². The first-order valence-electron chi connectivity index (χ1n) is 4.86. The molecule has 0 heterocycles. The Hall–Kier alpha value is -1.31. The molecule has 0 saturated heterocycles. The summed E-state index contributed by atoms with van der Waals surface area (Å²) in [5.41, 5.74) is 1.05. The Morgan fingerprint density at radius 3 is 2.29 bits per heavy atom. The molecule has 0 aromatic heterocycles. The number of carboxylic acids is 1. The first kappa shape index (κ1) is 10.8.